The topological polar surface area (TPSA) is 88.7 Å². The summed E-state index contributed by atoms with van der Waals surface area (Å²) in [6.07, 6.45) is 2.73. The molecular weight excluding hydrogens is 226 g/mol. The average molecular weight is 241 g/mol. The van der Waals surface area contributed by atoms with Crippen LogP contribution in [0.2, 0.25) is 0 Å². The van der Waals surface area contributed by atoms with Gasteiger partial charge in [-0.1, -0.05) is 0 Å². The lowest BCUT2D eigenvalue weighted by atomic mass is 10.3. The predicted octanol–water partition coefficient (Wildman–Crippen LogP) is 0.435. The number of likely N-dealkylation sites (N-methyl/N-ethyl adjacent to an activating group) is 1. The zero-order chi connectivity index (χ0) is 12.7. The van der Waals surface area contributed by atoms with E-state index in [1.165, 1.54) is 12.4 Å². The van der Waals surface area contributed by atoms with Crippen LogP contribution in [0.1, 0.15) is 0 Å². The Morgan fingerprint density at radius 2 is 2.35 bits per heavy atom. The molecule has 1 N–H and O–H groups in total. The Hall–Kier alpha value is -1.73. The summed E-state index contributed by atoms with van der Waals surface area (Å²) in [6, 6.07) is 1.59. The summed E-state index contributed by atoms with van der Waals surface area (Å²) in [5.74, 6) is 0. The molecule has 7 heteroatoms. The number of aliphatic hydroxyl groups excluding tert-OH is 1. The number of aliphatic hydroxyl groups is 1. The van der Waals surface area contributed by atoms with Crippen LogP contribution in [0.25, 0.3) is 0 Å². The number of anilines is 1. The third-order valence-electron chi connectivity index (χ3n) is 2.19. The van der Waals surface area contributed by atoms with E-state index in [1.54, 1.807) is 18.0 Å². The molecule has 1 heterocycles. The third kappa shape index (κ3) is 3.97. The minimum Gasteiger partial charge on any atom is -0.394 e. The summed E-state index contributed by atoms with van der Waals surface area (Å²) >= 11 is 0. The Bertz CT molecular complexity index is 372. The van der Waals surface area contributed by atoms with Crippen molar-refractivity contribution in [2.75, 3.05) is 38.3 Å². The fourth-order valence-corrected chi connectivity index (χ4v) is 1.33. The monoisotopic (exact) mass is 241 g/mol. The number of rotatable bonds is 7. The molecule has 0 aliphatic rings. The molecule has 0 amide bonds. The lowest BCUT2D eigenvalue weighted by molar-refractivity contribution is -0.384. The second kappa shape index (κ2) is 6.77. The van der Waals surface area contributed by atoms with Crippen molar-refractivity contribution in [1.29, 1.82) is 0 Å². The van der Waals surface area contributed by atoms with Crippen molar-refractivity contribution in [3.63, 3.8) is 0 Å². The van der Waals surface area contributed by atoms with Crippen molar-refractivity contribution in [2.24, 2.45) is 0 Å². The fraction of sp³-hybridized carbons (Fsp3) is 0.500. The molecule has 0 saturated carbocycles. The van der Waals surface area contributed by atoms with Crippen molar-refractivity contribution in [1.82, 2.24) is 4.98 Å². The average Bonchev–Trinajstić information content (AvgIpc) is 2.34. The highest BCUT2D eigenvalue weighted by Gasteiger charge is 2.16. The molecule has 0 aromatic carbocycles. The third-order valence-corrected chi connectivity index (χ3v) is 2.19. The van der Waals surface area contributed by atoms with Gasteiger partial charge in [-0.3, -0.25) is 15.1 Å². The van der Waals surface area contributed by atoms with E-state index >= 15 is 0 Å². The molecule has 0 spiro atoms. The molecule has 7 nitrogen and oxygen atoms in total. The van der Waals surface area contributed by atoms with Crippen molar-refractivity contribution in [3.05, 3.63) is 28.6 Å². The molecule has 0 saturated heterocycles. The Balaban J connectivity index is 2.62. The maximum atomic E-state index is 10.8. The van der Waals surface area contributed by atoms with E-state index in [1.807, 2.05) is 0 Å². The van der Waals surface area contributed by atoms with Crippen LogP contribution in [0.4, 0.5) is 11.4 Å². The molecule has 0 fully saturated rings. The Kier molecular flexibility index (Phi) is 5.31. The quantitative estimate of drug-likeness (QED) is 0.423. The van der Waals surface area contributed by atoms with E-state index in [2.05, 4.69) is 4.98 Å². The van der Waals surface area contributed by atoms with Crippen LogP contribution in [0.5, 0.6) is 0 Å². The van der Waals surface area contributed by atoms with Crippen molar-refractivity contribution in [2.45, 2.75) is 0 Å². The van der Waals surface area contributed by atoms with E-state index in [4.69, 9.17) is 9.84 Å². The molecule has 1 rings (SSSR count). The number of nitrogens with zero attached hydrogens (tertiary/aromatic N) is 3. The maximum absolute atomic E-state index is 10.8. The second-order valence-electron chi connectivity index (χ2n) is 3.38. The van der Waals surface area contributed by atoms with Crippen LogP contribution >= 0.6 is 0 Å². The molecule has 0 radical (unpaired) electrons. The second-order valence-corrected chi connectivity index (χ2v) is 3.38. The number of nitro groups is 1. The summed E-state index contributed by atoms with van der Waals surface area (Å²) in [4.78, 5) is 15.8. The van der Waals surface area contributed by atoms with Gasteiger partial charge < -0.3 is 14.7 Å². The van der Waals surface area contributed by atoms with E-state index in [0.717, 1.165) is 0 Å². The molecular formula is C10H15N3O4. The highest BCUT2D eigenvalue weighted by atomic mass is 16.6. The summed E-state index contributed by atoms with van der Waals surface area (Å²) in [5.41, 5.74) is 0.467. The van der Waals surface area contributed by atoms with E-state index < -0.39 is 4.92 Å². The highest BCUT2D eigenvalue weighted by molar-refractivity contribution is 5.61. The van der Waals surface area contributed by atoms with Crippen LogP contribution in [0.3, 0.4) is 0 Å². The summed E-state index contributed by atoms with van der Waals surface area (Å²) < 4.78 is 5.10. The van der Waals surface area contributed by atoms with Crippen molar-refractivity contribution < 1.29 is 14.8 Å². The van der Waals surface area contributed by atoms with E-state index in [9.17, 15) is 10.1 Å². The molecule has 0 aliphatic heterocycles. The molecule has 1 aromatic rings. The van der Waals surface area contributed by atoms with Gasteiger partial charge in [0.1, 0.15) is 11.9 Å². The van der Waals surface area contributed by atoms with Gasteiger partial charge in [0.15, 0.2) is 0 Å². The molecule has 17 heavy (non-hydrogen) atoms. The van der Waals surface area contributed by atoms with Crippen LogP contribution < -0.4 is 4.90 Å². The van der Waals surface area contributed by atoms with Gasteiger partial charge in [-0.2, -0.15) is 0 Å². The lowest BCUT2D eigenvalue weighted by Crippen LogP contribution is -2.24. The number of ether oxygens (including phenoxy) is 1. The van der Waals surface area contributed by atoms with Gasteiger partial charge in [-0.25, -0.2) is 0 Å². The molecule has 0 atom stereocenters. The van der Waals surface area contributed by atoms with Gasteiger partial charge in [0.25, 0.3) is 0 Å². The van der Waals surface area contributed by atoms with Gasteiger partial charge in [-0.15, -0.1) is 0 Å². The number of aromatic nitrogens is 1. The first-order valence-corrected chi connectivity index (χ1v) is 5.15. The maximum Gasteiger partial charge on any atom is 0.310 e. The van der Waals surface area contributed by atoms with Crippen molar-refractivity contribution in [3.8, 4) is 0 Å². The smallest absolute Gasteiger partial charge is 0.310 e. The number of hydrogen-bond donors (Lipinski definition) is 1. The molecule has 94 valence electrons. The van der Waals surface area contributed by atoms with Crippen LogP contribution in [-0.2, 0) is 4.74 Å². The molecule has 0 bridgehead atoms. The van der Waals surface area contributed by atoms with Crippen LogP contribution in [0.15, 0.2) is 18.5 Å². The van der Waals surface area contributed by atoms with Gasteiger partial charge in [0, 0.05) is 19.8 Å². The van der Waals surface area contributed by atoms with E-state index in [0.29, 0.717) is 18.8 Å². The molecule has 0 aliphatic carbocycles. The first kappa shape index (κ1) is 13.3. The highest BCUT2D eigenvalue weighted by Crippen LogP contribution is 2.24. The predicted molar refractivity (Wildman–Crippen MR) is 62.1 cm³/mol. The van der Waals surface area contributed by atoms with E-state index in [-0.39, 0.29) is 18.9 Å². The minimum absolute atomic E-state index is 0.0287. The van der Waals surface area contributed by atoms with Crippen LogP contribution in [-0.4, -0.2) is 48.4 Å². The Labute approximate surface area is 98.8 Å². The van der Waals surface area contributed by atoms with Gasteiger partial charge in [0.2, 0.25) is 0 Å². The van der Waals surface area contributed by atoms with Crippen molar-refractivity contribution >= 4 is 11.4 Å². The normalized spacial score (nSPS) is 10.2. The van der Waals surface area contributed by atoms with Gasteiger partial charge >= 0.3 is 5.69 Å². The lowest BCUT2D eigenvalue weighted by Gasteiger charge is -2.18. The Morgan fingerprint density at radius 3 is 3.00 bits per heavy atom. The Morgan fingerprint density at radius 1 is 1.59 bits per heavy atom. The standard InChI is InChI=1S/C10H15N3O4/c1-12(4-6-17-7-5-14)9-2-3-11-8-10(9)13(15)16/h2-3,8,14H,4-7H2,1H3. The van der Waals surface area contributed by atoms with Gasteiger partial charge in [-0.05, 0) is 6.07 Å². The first-order chi connectivity index (χ1) is 8.16. The number of hydrogen-bond acceptors (Lipinski definition) is 6. The minimum atomic E-state index is -0.465. The molecule has 1 aromatic heterocycles. The zero-order valence-corrected chi connectivity index (χ0v) is 9.57. The fourth-order valence-electron chi connectivity index (χ4n) is 1.33. The SMILES string of the molecule is CN(CCOCCO)c1ccncc1[N+](=O)[O-]. The first-order valence-electron chi connectivity index (χ1n) is 5.15. The summed E-state index contributed by atoms with van der Waals surface area (Å²) in [6.45, 7) is 1.15. The summed E-state index contributed by atoms with van der Waals surface area (Å²) in [7, 11) is 1.74. The zero-order valence-electron chi connectivity index (χ0n) is 9.57. The summed E-state index contributed by atoms with van der Waals surface area (Å²) in [5, 5.41) is 19.3. The largest absolute Gasteiger partial charge is 0.394 e. The van der Waals surface area contributed by atoms with Crippen LogP contribution in [0, 0.1) is 10.1 Å². The van der Waals surface area contributed by atoms with Gasteiger partial charge in [0.05, 0.1) is 24.7 Å². The molecule has 0 unspecified atom stereocenters. The number of pyridine rings is 1.